The third kappa shape index (κ3) is 2.35. The number of aromatic nitrogens is 1. The molecular formula is C16H10FN3O. The second kappa shape index (κ2) is 5.10. The van der Waals surface area contributed by atoms with E-state index in [2.05, 4.69) is 4.98 Å². The van der Waals surface area contributed by atoms with Gasteiger partial charge in [-0.05, 0) is 24.3 Å². The number of anilines is 1. The number of nitrogens with zero attached hydrogens (tertiary/aromatic N) is 2. The molecule has 0 aliphatic heterocycles. The predicted molar refractivity (Wildman–Crippen MR) is 77.3 cm³/mol. The number of pyridine rings is 1. The zero-order valence-corrected chi connectivity index (χ0v) is 10.9. The van der Waals surface area contributed by atoms with E-state index in [0.717, 1.165) is 5.39 Å². The Kier molecular flexibility index (Phi) is 3.13. The van der Waals surface area contributed by atoms with E-state index in [1.165, 1.54) is 18.2 Å². The van der Waals surface area contributed by atoms with Crippen LogP contribution in [0.3, 0.4) is 0 Å². The van der Waals surface area contributed by atoms with Gasteiger partial charge in [-0.25, -0.2) is 9.37 Å². The molecule has 0 amide bonds. The quantitative estimate of drug-likeness (QED) is 0.727. The van der Waals surface area contributed by atoms with E-state index in [1.807, 2.05) is 24.3 Å². The predicted octanol–water partition coefficient (Wildman–Crippen LogP) is 3.62. The maximum Gasteiger partial charge on any atom is 0.238 e. The Labute approximate surface area is 120 Å². The number of para-hydroxylation sites is 2. The van der Waals surface area contributed by atoms with Crippen molar-refractivity contribution in [2.24, 2.45) is 0 Å². The van der Waals surface area contributed by atoms with Crippen LogP contribution >= 0.6 is 0 Å². The minimum Gasteiger partial charge on any atom is -0.432 e. The fraction of sp³-hybridized carbons (Fsp3) is 0. The van der Waals surface area contributed by atoms with Gasteiger partial charge in [-0.1, -0.05) is 24.3 Å². The van der Waals surface area contributed by atoms with Crippen molar-refractivity contribution in [1.82, 2.24) is 4.98 Å². The lowest BCUT2D eigenvalue weighted by Gasteiger charge is -2.10. The highest BCUT2D eigenvalue weighted by Gasteiger charge is 2.14. The molecule has 0 fully saturated rings. The highest BCUT2D eigenvalue weighted by Crippen LogP contribution is 2.32. The Bertz CT molecular complexity index is 851. The lowest BCUT2D eigenvalue weighted by Crippen LogP contribution is -1.98. The number of nitrogen functional groups attached to an aromatic ring is 1. The topological polar surface area (TPSA) is 71.9 Å². The van der Waals surface area contributed by atoms with Crippen molar-refractivity contribution in [2.45, 2.75) is 0 Å². The van der Waals surface area contributed by atoms with E-state index < -0.39 is 5.82 Å². The summed E-state index contributed by atoms with van der Waals surface area (Å²) in [7, 11) is 0. The van der Waals surface area contributed by atoms with Gasteiger partial charge < -0.3 is 10.5 Å². The second-order valence-corrected chi connectivity index (χ2v) is 4.41. The highest BCUT2D eigenvalue weighted by molar-refractivity contribution is 5.81. The minimum atomic E-state index is -0.603. The van der Waals surface area contributed by atoms with Gasteiger partial charge in [0.25, 0.3) is 0 Å². The number of fused-ring (bicyclic) bond motifs is 1. The molecule has 2 aromatic carbocycles. The van der Waals surface area contributed by atoms with Gasteiger partial charge in [0, 0.05) is 5.39 Å². The van der Waals surface area contributed by atoms with E-state index in [9.17, 15) is 9.65 Å². The van der Waals surface area contributed by atoms with Gasteiger partial charge in [0.05, 0.1) is 11.2 Å². The van der Waals surface area contributed by atoms with Crippen molar-refractivity contribution < 1.29 is 9.13 Å². The van der Waals surface area contributed by atoms with Gasteiger partial charge in [-0.2, -0.15) is 5.26 Å². The summed E-state index contributed by atoms with van der Waals surface area (Å²) in [5.74, 6) is -0.696. The number of nitrogens with two attached hydrogens (primary N) is 1. The molecule has 5 heteroatoms. The summed E-state index contributed by atoms with van der Waals surface area (Å²) in [6.45, 7) is 0. The van der Waals surface area contributed by atoms with E-state index in [4.69, 9.17) is 10.5 Å². The first-order valence-electron chi connectivity index (χ1n) is 6.21. The van der Waals surface area contributed by atoms with Crippen LogP contribution in [0, 0.1) is 17.1 Å². The summed E-state index contributed by atoms with van der Waals surface area (Å²) in [6.07, 6.45) is 0. The fourth-order valence-electron chi connectivity index (χ4n) is 1.99. The molecule has 1 heterocycles. The monoisotopic (exact) mass is 279 g/mol. The molecule has 4 nitrogen and oxygen atoms in total. The van der Waals surface area contributed by atoms with E-state index >= 15 is 0 Å². The maximum absolute atomic E-state index is 13.8. The lowest BCUT2D eigenvalue weighted by molar-refractivity contribution is 0.430. The Morgan fingerprint density at radius 1 is 1.14 bits per heavy atom. The van der Waals surface area contributed by atoms with Crippen molar-refractivity contribution in [2.75, 3.05) is 5.73 Å². The molecule has 0 atom stereocenters. The minimum absolute atomic E-state index is 0.0352. The van der Waals surface area contributed by atoms with Crippen LogP contribution in [0.15, 0.2) is 48.5 Å². The third-order valence-corrected chi connectivity index (χ3v) is 3.01. The normalized spacial score (nSPS) is 10.3. The molecular weight excluding hydrogens is 269 g/mol. The summed E-state index contributed by atoms with van der Waals surface area (Å²) < 4.78 is 19.2. The number of ether oxygens (including phenoxy) is 1. The van der Waals surface area contributed by atoms with Gasteiger partial charge in [-0.3, -0.25) is 0 Å². The second-order valence-electron chi connectivity index (χ2n) is 4.41. The summed E-state index contributed by atoms with van der Waals surface area (Å²) in [5.41, 5.74) is 6.72. The number of nitriles is 1. The zero-order valence-electron chi connectivity index (χ0n) is 10.9. The number of hydrogen-bond acceptors (Lipinski definition) is 4. The molecule has 3 rings (SSSR count). The molecule has 0 aliphatic rings. The summed E-state index contributed by atoms with van der Waals surface area (Å²) in [5, 5.41) is 10.0. The van der Waals surface area contributed by atoms with Crippen LogP contribution in [-0.2, 0) is 0 Å². The van der Waals surface area contributed by atoms with Crippen LogP contribution < -0.4 is 10.5 Å². The number of halogens is 1. The van der Waals surface area contributed by atoms with E-state index in [-0.39, 0.29) is 22.9 Å². The Morgan fingerprint density at radius 2 is 1.95 bits per heavy atom. The van der Waals surface area contributed by atoms with Gasteiger partial charge in [-0.15, -0.1) is 0 Å². The standard InChI is InChI=1S/C16H10FN3O/c17-12-5-3-6-13(19)15(12)21-16-11(9-18)8-10-4-1-2-7-14(10)20-16/h1-8H,19H2. The summed E-state index contributed by atoms with van der Waals surface area (Å²) >= 11 is 0. The molecule has 0 radical (unpaired) electrons. The van der Waals surface area contributed by atoms with Crippen LogP contribution in [0.5, 0.6) is 11.6 Å². The molecule has 0 saturated carbocycles. The van der Waals surface area contributed by atoms with E-state index in [1.54, 1.807) is 12.1 Å². The van der Waals surface area contributed by atoms with Crippen molar-refractivity contribution in [3.63, 3.8) is 0 Å². The largest absolute Gasteiger partial charge is 0.432 e. The van der Waals surface area contributed by atoms with Crippen molar-refractivity contribution in [1.29, 1.82) is 5.26 Å². The number of hydrogen-bond donors (Lipinski definition) is 1. The average molecular weight is 279 g/mol. The molecule has 0 saturated heterocycles. The Hall–Kier alpha value is -3.13. The highest BCUT2D eigenvalue weighted by atomic mass is 19.1. The van der Waals surface area contributed by atoms with Crippen molar-refractivity contribution in [3.8, 4) is 17.7 Å². The molecule has 0 unspecified atom stereocenters. The first-order chi connectivity index (χ1) is 10.2. The smallest absolute Gasteiger partial charge is 0.238 e. The van der Waals surface area contributed by atoms with Crippen LogP contribution in [0.1, 0.15) is 5.56 Å². The molecule has 3 aromatic rings. The maximum atomic E-state index is 13.8. The Balaban J connectivity index is 2.14. The molecule has 21 heavy (non-hydrogen) atoms. The van der Waals surface area contributed by atoms with Gasteiger partial charge >= 0.3 is 0 Å². The zero-order chi connectivity index (χ0) is 14.8. The molecule has 102 valence electrons. The number of benzene rings is 2. The van der Waals surface area contributed by atoms with Crippen molar-refractivity contribution in [3.05, 3.63) is 59.9 Å². The van der Waals surface area contributed by atoms with Gasteiger partial charge in [0.1, 0.15) is 11.6 Å². The fourth-order valence-corrected chi connectivity index (χ4v) is 1.99. The SMILES string of the molecule is N#Cc1cc2ccccc2nc1Oc1c(N)cccc1F. The first-order valence-corrected chi connectivity index (χ1v) is 6.21. The molecule has 0 spiro atoms. The van der Waals surface area contributed by atoms with Crippen LogP contribution in [-0.4, -0.2) is 4.98 Å². The Morgan fingerprint density at radius 3 is 2.71 bits per heavy atom. The van der Waals surface area contributed by atoms with Gasteiger partial charge in [0.2, 0.25) is 5.88 Å². The number of rotatable bonds is 2. The van der Waals surface area contributed by atoms with E-state index in [0.29, 0.717) is 5.52 Å². The third-order valence-electron chi connectivity index (χ3n) is 3.01. The molecule has 1 aromatic heterocycles. The molecule has 0 bridgehead atoms. The van der Waals surface area contributed by atoms with Crippen LogP contribution in [0.4, 0.5) is 10.1 Å². The molecule has 2 N–H and O–H groups in total. The first kappa shape index (κ1) is 12.9. The van der Waals surface area contributed by atoms with Crippen LogP contribution in [0.25, 0.3) is 10.9 Å². The molecule has 0 aliphatic carbocycles. The summed E-state index contributed by atoms with van der Waals surface area (Å²) in [4.78, 5) is 4.26. The van der Waals surface area contributed by atoms with Crippen molar-refractivity contribution >= 4 is 16.6 Å². The van der Waals surface area contributed by atoms with Gasteiger partial charge in [0.15, 0.2) is 11.6 Å². The average Bonchev–Trinajstić information content (AvgIpc) is 2.50. The lowest BCUT2D eigenvalue weighted by atomic mass is 10.1. The van der Waals surface area contributed by atoms with Crippen LogP contribution in [0.2, 0.25) is 0 Å². The summed E-state index contributed by atoms with van der Waals surface area (Å²) in [6, 6.07) is 15.2.